The number of para-hydroxylation sites is 4. The Labute approximate surface area is 508 Å². The largest absolute Gasteiger partial charge is 3.00 e. The molecule has 2 N–H and O–H groups in total. The number of hydrogen-bond acceptors (Lipinski definition) is 26. The molecular formula is C42H48Gd2N6Ni2O22. The number of rotatable bonds is 16. The molecule has 4 rings (SSSR count). The van der Waals surface area contributed by atoms with E-state index in [-0.39, 0.29) is 136 Å². The number of carbonyl (C=O) groups is 2. The fourth-order valence-electron chi connectivity index (χ4n) is 4.34. The first-order valence-electron chi connectivity index (χ1n) is 18.9. The molecule has 0 saturated heterocycles. The summed E-state index contributed by atoms with van der Waals surface area (Å²) < 4.78 is 19.9. The zero-order valence-electron chi connectivity index (χ0n) is 39.6. The van der Waals surface area contributed by atoms with Gasteiger partial charge in [-0.25, -0.2) is 0 Å². The van der Waals surface area contributed by atoms with Crippen LogP contribution in [0.1, 0.15) is 35.1 Å². The van der Waals surface area contributed by atoms with Gasteiger partial charge in [0.15, 0.2) is 0 Å². The van der Waals surface area contributed by atoms with Crippen molar-refractivity contribution in [1.82, 2.24) is 0 Å². The van der Waals surface area contributed by atoms with Gasteiger partial charge < -0.3 is 110 Å². The average molecular weight is 1420 g/mol. The summed E-state index contributed by atoms with van der Waals surface area (Å²) in [5.74, 6) is 0.530. The van der Waals surface area contributed by atoms with Gasteiger partial charge in [0.05, 0.1) is 38.6 Å². The van der Waals surface area contributed by atoms with E-state index in [2.05, 4.69) is 20.0 Å². The van der Waals surface area contributed by atoms with E-state index in [1.807, 2.05) is 0 Å². The first-order chi connectivity index (χ1) is 33.3. The summed E-state index contributed by atoms with van der Waals surface area (Å²) in [5.41, 5.74) is 1.98. The zero-order valence-corrected chi connectivity index (χ0v) is 46.1. The maximum atomic E-state index is 11.9. The summed E-state index contributed by atoms with van der Waals surface area (Å²) in [6.45, 7) is 2.15. The Bertz CT molecular complexity index is 1910. The minimum absolute atomic E-state index is 0. The van der Waals surface area contributed by atoms with Crippen molar-refractivity contribution in [3.63, 3.8) is 0 Å². The van der Waals surface area contributed by atoms with Crippen LogP contribution in [0.5, 0.6) is 46.0 Å². The smallest absolute Gasteiger partial charge is 0.870 e. The minimum atomic E-state index is -2.33. The maximum Gasteiger partial charge on any atom is 3.00 e. The van der Waals surface area contributed by atoms with E-state index in [0.29, 0.717) is 84.3 Å². The molecule has 0 atom stereocenters. The molecule has 2 radical (unpaired) electrons. The molecular weight excluding hydrogens is 1370 g/mol. The monoisotopic (exact) mass is 1420 g/mol. The zero-order chi connectivity index (χ0) is 54.5. The van der Waals surface area contributed by atoms with Crippen LogP contribution in [-0.2, 0) is 33.0 Å². The van der Waals surface area contributed by atoms with E-state index >= 15 is 0 Å². The van der Waals surface area contributed by atoms with Crippen molar-refractivity contribution in [2.45, 2.75) is 12.8 Å². The first kappa shape index (κ1) is 85.2. The molecule has 0 bridgehead atoms. The van der Waals surface area contributed by atoms with Crippen molar-refractivity contribution in [3.05, 3.63) is 126 Å². The van der Waals surface area contributed by atoms with Crippen molar-refractivity contribution in [2.75, 3.05) is 68.8 Å². The third-order valence-corrected chi connectivity index (χ3v) is 6.99. The first-order valence-corrected chi connectivity index (χ1v) is 18.9. The van der Waals surface area contributed by atoms with E-state index in [0.717, 1.165) is 14.2 Å². The summed E-state index contributed by atoms with van der Waals surface area (Å²) in [6, 6.07) is 20.3. The van der Waals surface area contributed by atoms with Crippen molar-refractivity contribution < 1.29 is 203 Å². The number of nitrogens with zero attached hydrogens (tertiary/aromatic N) is 6. The van der Waals surface area contributed by atoms with Crippen LogP contribution in [0.4, 0.5) is 9.59 Å². The van der Waals surface area contributed by atoms with Gasteiger partial charge in [0.1, 0.15) is 23.0 Å². The SMILES string of the molecule is CO.CO.COc1cccc(C=NCCCN=Cc2cccc(OC)c2[O-])c1[O-].COc1cccc(C=NCCCN=Cc2cccc(OC)c2[O-])c1[O-].O=C([O-])[O-].O=C([O-])[O-].O=[N+]([O-])[O-].O=[N+]([O-])[O-].[Gd+2].[Gd+3].[Ni+2].[Ni+3]. The van der Waals surface area contributed by atoms with Gasteiger partial charge in [-0.2, -0.15) is 0 Å². The number of carbonyl (C=O) groups excluding carboxylic acids is 2. The number of hydrogen-bond donors (Lipinski definition) is 2. The Hall–Kier alpha value is -5.54. The molecule has 0 fully saturated rings. The van der Waals surface area contributed by atoms with Crippen LogP contribution in [-0.4, -0.2) is 126 Å². The number of benzene rings is 4. The Morgan fingerprint density at radius 3 is 0.757 bits per heavy atom. The normalized spacial score (nSPS) is 9.08. The van der Waals surface area contributed by atoms with E-state index in [9.17, 15) is 20.4 Å². The standard InChI is InChI=1S/2C19H22N2O4.2CH2O3.2CH4O.2Gd.2NO3.2Ni/c2*1-24-16-8-3-6-14(18(16)22)12-20-10-5-11-21-13-15-7-4-9-17(25-2)19(15)23;2*2-1(3)4;2*1-2;;;2*2-1(3)4;;/h2*3-4,6-9,12-13,22-23H,5,10-11H2,1-2H3;2*(H2,2,3,4);2*2H,1H3;;;;;;/q;;;;;;+2;+3;2*-1;+2;+3/p-8. The molecule has 414 valence electrons. The predicted octanol–water partition coefficient (Wildman–Crippen LogP) is -2.60. The molecule has 0 aliphatic heterocycles. The molecule has 0 aliphatic rings. The van der Waals surface area contributed by atoms with Gasteiger partial charge in [-0.3, -0.25) is 20.0 Å². The minimum Gasteiger partial charge on any atom is -0.870 e. The summed E-state index contributed by atoms with van der Waals surface area (Å²) >= 11 is 0. The van der Waals surface area contributed by atoms with Gasteiger partial charge in [0.2, 0.25) is 0 Å². The topological polar surface area (TPSA) is 478 Å². The van der Waals surface area contributed by atoms with Gasteiger partial charge in [-0.1, -0.05) is 71.5 Å². The van der Waals surface area contributed by atoms with Crippen molar-refractivity contribution in [2.24, 2.45) is 20.0 Å². The molecule has 4 aromatic carbocycles. The van der Waals surface area contributed by atoms with Gasteiger partial charge in [-0.05, 0) is 71.7 Å². The van der Waals surface area contributed by atoms with Crippen LogP contribution in [0.25, 0.3) is 0 Å². The quantitative estimate of drug-likeness (QED) is 0.0382. The Morgan fingerprint density at radius 2 is 0.622 bits per heavy atom. The van der Waals surface area contributed by atoms with Gasteiger partial charge in [0.25, 0.3) is 0 Å². The number of ether oxygens (including phenoxy) is 4. The fourth-order valence-corrected chi connectivity index (χ4v) is 4.34. The molecule has 0 aliphatic carbocycles. The molecule has 74 heavy (non-hydrogen) atoms. The number of aliphatic hydroxyl groups excluding tert-OH is 2. The second-order valence-corrected chi connectivity index (χ2v) is 11.3. The third-order valence-electron chi connectivity index (χ3n) is 6.99. The third kappa shape index (κ3) is 46.3. The van der Waals surface area contributed by atoms with E-state index in [1.54, 1.807) is 97.7 Å². The van der Waals surface area contributed by atoms with Gasteiger partial charge >= 0.3 is 113 Å². The summed E-state index contributed by atoms with van der Waals surface area (Å²) in [6.07, 6.45) is 2.95. The Morgan fingerprint density at radius 1 is 0.473 bits per heavy atom. The van der Waals surface area contributed by atoms with Gasteiger partial charge in [-0.15, -0.1) is 0 Å². The molecule has 32 heteroatoms. The van der Waals surface area contributed by atoms with E-state index in [4.69, 9.17) is 89.8 Å². The second-order valence-electron chi connectivity index (χ2n) is 11.3. The molecule has 28 nitrogen and oxygen atoms in total. The molecule has 0 unspecified atom stereocenters. The van der Waals surface area contributed by atoms with E-state index < -0.39 is 22.5 Å². The number of methoxy groups -OCH3 is 4. The van der Waals surface area contributed by atoms with Crippen LogP contribution in [0.2, 0.25) is 0 Å². The van der Waals surface area contributed by atoms with E-state index in [1.165, 1.54) is 28.4 Å². The van der Waals surface area contributed by atoms with Gasteiger partial charge in [0, 0.05) is 65.3 Å². The van der Waals surface area contributed by atoms with Crippen LogP contribution in [0.3, 0.4) is 0 Å². The number of aliphatic hydroxyl groups is 2. The second kappa shape index (κ2) is 56.7. The van der Waals surface area contributed by atoms with Crippen molar-refractivity contribution in [3.8, 4) is 46.0 Å². The summed E-state index contributed by atoms with van der Waals surface area (Å²) in [4.78, 5) is 50.1. The summed E-state index contributed by atoms with van der Waals surface area (Å²) in [7, 11) is 7.85. The molecule has 0 spiro atoms. The molecule has 0 saturated carbocycles. The average Bonchev–Trinajstić information content (AvgIpc) is 3.31. The molecule has 0 heterocycles. The fraction of sp³-hybridized carbons (Fsp3) is 0.286. The molecule has 0 aromatic heterocycles. The number of aliphatic imine (C=N–C) groups is 4. The Kier molecular flexibility index (Phi) is 65.4. The van der Waals surface area contributed by atoms with Crippen molar-refractivity contribution in [1.29, 1.82) is 0 Å². The van der Waals surface area contributed by atoms with Crippen molar-refractivity contribution >= 4 is 37.2 Å². The molecule has 0 amide bonds. The predicted molar refractivity (Wildman–Crippen MR) is 237 cm³/mol. The van der Waals surface area contributed by atoms with Crippen LogP contribution >= 0.6 is 0 Å². The Balaban J connectivity index is -0.000000139. The van der Waals surface area contributed by atoms with Crippen LogP contribution in [0, 0.1) is 111 Å². The number of carboxylic acid groups (broad SMARTS) is 4. The van der Waals surface area contributed by atoms with Crippen LogP contribution in [0.15, 0.2) is 92.8 Å². The maximum absolute atomic E-state index is 11.9. The molecule has 4 aromatic rings. The van der Waals surface area contributed by atoms with Crippen LogP contribution < -0.4 is 59.8 Å². The summed E-state index contributed by atoms with van der Waals surface area (Å²) in [5, 5.41) is 125.